The molecule has 1 fully saturated rings. The fraction of sp³-hybridized carbons (Fsp3) is 0.385. The van der Waals surface area contributed by atoms with Gasteiger partial charge in [0.25, 0.3) is 0 Å². The van der Waals surface area contributed by atoms with Gasteiger partial charge in [-0.1, -0.05) is 18.6 Å². The number of hydrogen-bond donors (Lipinski definition) is 1. The predicted octanol–water partition coefficient (Wildman–Crippen LogP) is 4.34. The number of likely N-dealkylation sites (tertiary alicyclic amines) is 1. The number of ether oxygens (including phenoxy) is 1. The van der Waals surface area contributed by atoms with E-state index in [-0.39, 0.29) is 51.7 Å². The van der Waals surface area contributed by atoms with Crippen LogP contribution >= 0.6 is 31.9 Å². The highest BCUT2D eigenvalue weighted by atomic mass is 79.9. The maximum Gasteiger partial charge on any atom is 0.233 e. The number of fused-ring (bicyclic) bond motifs is 3. The molecule has 0 aromatic heterocycles. The molecule has 0 saturated carbocycles. The van der Waals surface area contributed by atoms with E-state index < -0.39 is 17.8 Å². The lowest BCUT2D eigenvalue weighted by Crippen LogP contribution is -2.39. The number of benzene rings is 1. The Bertz CT molecular complexity index is 1290. The van der Waals surface area contributed by atoms with Crippen LogP contribution in [0.4, 0.5) is 0 Å². The highest BCUT2D eigenvalue weighted by molar-refractivity contribution is 9.12. The maximum absolute atomic E-state index is 13.4. The van der Waals surface area contributed by atoms with Crippen molar-refractivity contribution in [3.8, 4) is 11.5 Å². The largest absolute Gasteiger partial charge is 0.503 e. The van der Waals surface area contributed by atoms with Crippen LogP contribution in [0.25, 0.3) is 0 Å². The SMILES string of the molecule is CCCN1C(=O)C2CC=C3C(c4cc(Br)c(O)c(OC)c4)C4=C(CC3C2C1=O)C(=O)C(Br)=CC4=O. The summed E-state index contributed by atoms with van der Waals surface area (Å²) < 4.78 is 5.92. The van der Waals surface area contributed by atoms with E-state index in [1.165, 1.54) is 18.1 Å². The molecule has 2 amide bonds. The Labute approximate surface area is 219 Å². The Kier molecular flexibility index (Phi) is 6.12. The molecule has 9 heteroatoms. The lowest BCUT2D eigenvalue weighted by molar-refractivity contribution is -0.140. The van der Waals surface area contributed by atoms with Crippen molar-refractivity contribution in [2.75, 3.05) is 13.7 Å². The van der Waals surface area contributed by atoms with Crippen molar-refractivity contribution < 1.29 is 29.0 Å². The van der Waals surface area contributed by atoms with Gasteiger partial charge in [-0.15, -0.1) is 0 Å². The van der Waals surface area contributed by atoms with E-state index in [1.54, 1.807) is 12.1 Å². The van der Waals surface area contributed by atoms with Gasteiger partial charge in [-0.3, -0.25) is 24.1 Å². The fourth-order valence-corrected chi connectivity index (χ4v) is 6.92. The number of imide groups is 1. The number of carbonyl (C=O) groups excluding carboxylic acids is 4. The molecule has 0 radical (unpaired) electrons. The van der Waals surface area contributed by atoms with Gasteiger partial charge in [0, 0.05) is 29.7 Å². The number of phenolic OH excluding ortho intramolecular Hbond substituents is 1. The minimum absolute atomic E-state index is 0.0732. The van der Waals surface area contributed by atoms with Crippen molar-refractivity contribution in [3.05, 3.63) is 55.5 Å². The number of aromatic hydroxyl groups is 1. The monoisotopic (exact) mass is 603 g/mol. The van der Waals surface area contributed by atoms with Crippen LogP contribution in [-0.2, 0) is 19.2 Å². The molecule has 1 aliphatic heterocycles. The summed E-state index contributed by atoms with van der Waals surface area (Å²) in [6.45, 7) is 2.30. The van der Waals surface area contributed by atoms with Crippen molar-refractivity contribution in [1.29, 1.82) is 0 Å². The second-order valence-corrected chi connectivity index (χ2v) is 11.0. The number of carbonyl (C=O) groups is 4. The van der Waals surface area contributed by atoms with Crippen LogP contribution in [0.3, 0.4) is 0 Å². The summed E-state index contributed by atoms with van der Waals surface area (Å²) in [6.07, 6.45) is 4.56. The molecule has 1 heterocycles. The Hall–Kier alpha value is -2.52. The first-order valence-corrected chi connectivity index (χ1v) is 13.1. The van der Waals surface area contributed by atoms with E-state index in [1.807, 2.05) is 13.0 Å². The fourth-order valence-electron chi connectivity index (χ4n) is 6.01. The zero-order valence-corrected chi connectivity index (χ0v) is 22.3. The Balaban J connectivity index is 1.70. The molecule has 3 aliphatic carbocycles. The zero-order chi connectivity index (χ0) is 25.2. The average Bonchev–Trinajstić information content (AvgIpc) is 3.08. The molecule has 35 heavy (non-hydrogen) atoms. The predicted molar refractivity (Wildman–Crippen MR) is 134 cm³/mol. The molecule has 7 nitrogen and oxygen atoms in total. The van der Waals surface area contributed by atoms with Crippen molar-refractivity contribution in [2.45, 2.75) is 32.1 Å². The second kappa shape index (κ2) is 8.85. The quantitative estimate of drug-likeness (QED) is 0.312. The van der Waals surface area contributed by atoms with Crippen LogP contribution in [0, 0.1) is 17.8 Å². The molecule has 0 bridgehead atoms. The summed E-state index contributed by atoms with van der Waals surface area (Å²) in [6, 6.07) is 3.36. The Morgan fingerprint density at radius 2 is 1.86 bits per heavy atom. The second-order valence-electron chi connectivity index (χ2n) is 9.28. The van der Waals surface area contributed by atoms with Crippen molar-refractivity contribution >= 4 is 55.2 Å². The van der Waals surface area contributed by atoms with Crippen LogP contribution in [0.15, 0.2) is 50.0 Å². The van der Waals surface area contributed by atoms with E-state index in [2.05, 4.69) is 31.9 Å². The van der Waals surface area contributed by atoms with Crippen molar-refractivity contribution in [2.24, 2.45) is 17.8 Å². The third-order valence-electron chi connectivity index (χ3n) is 7.47. The smallest absolute Gasteiger partial charge is 0.233 e. The summed E-state index contributed by atoms with van der Waals surface area (Å²) in [5.74, 6) is -2.78. The van der Waals surface area contributed by atoms with Gasteiger partial charge in [-0.25, -0.2) is 0 Å². The third kappa shape index (κ3) is 3.57. The van der Waals surface area contributed by atoms with Crippen LogP contribution < -0.4 is 4.74 Å². The molecule has 1 saturated heterocycles. The van der Waals surface area contributed by atoms with E-state index in [0.29, 0.717) is 40.6 Å². The number of ketones is 2. The summed E-state index contributed by atoms with van der Waals surface area (Å²) in [4.78, 5) is 54.3. The average molecular weight is 605 g/mol. The number of hydrogen-bond acceptors (Lipinski definition) is 6. The minimum Gasteiger partial charge on any atom is -0.503 e. The van der Waals surface area contributed by atoms with E-state index >= 15 is 0 Å². The van der Waals surface area contributed by atoms with Crippen LogP contribution in [-0.4, -0.2) is 47.0 Å². The summed E-state index contributed by atoms with van der Waals surface area (Å²) in [5.41, 5.74) is 2.26. The van der Waals surface area contributed by atoms with E-state index in [9.17, 15) is 24.3 Å². The molecule has 1 aromatic carbocycles. The normalized spacial score (nSPS) is 27.9. The molecular weight excluding hydrogens is 582 g/mol. The number of halogens is 2. The number of nitrogens with zero attached hydrogens (tertiary/aromatic N) is 1. The lowest BCUT2D eigenvalue weighted by Gasteiger charge is -2.42. The molecule has 182 valence electrons. The van der Waals surface area contributed by atoms with Crippen molar-refractivity contribution in [1.82, 2.24) is 4.90 Å². The van der Waals surface area contributed by atoms with Gasteiger partial charge in [0.2, 0.25) is 11.8 Å². The summed E-state index contributed by atoms with van der Waals surface area (Å²) in [7, 11) is 1.43. The molecular formula is C26H23Br2NO6. The molecule has 4 unspecified atom stereocenters. The van der Waals surface area contributed by atoms with Crippen LogP contribution in [0.2, 0.25) is 0 Å². The highest BCUT2D eigenvalue weighted by Gasteiger charge is 2.56. The molecule has 5 rings (SSSR count). The summed E-state index contributed by atoms with van der Waals surface area (Å²) in [5, 5.41) is 10.4. The van der Waals surface area contributed by atoms with Gasteiger partial charge < -0.3 is 9.84 Å². The highest BCUT2D eigenvalue weighted by Crippen LogP contribution is 2.56. The van der Waals surface area contributed by atoms with Crippen LogP contribution in [0.1, 0.15) is 37.7 Å². The molecule has 1 N–H and O–H groups in total. The van der Waals surface area contributed by atoms with Gasteiger partial charge >= 0.3 is 0 Å². The zero-order valence-electron chi connectivity index (χ0n) is 19.1. The van der Waals surface area contributed by atoms with E-state index in [4.69, 9.17) is 4.74 Å². The maximum atomic E-state index is 13.4. The lowest BCUT2D eigenvalue weighted by atomic mass is 9.59. The van der Waals surface area contributed by atoms with Crippen molar-refractivity contribution in [3.63, 3.8) is 0 Å². The van der Waals surface area contributed by atoms with E-state index in [0.717, 1.165) is 5.57 Å². The number of Topliss-reactive ketones (excluding diaryl/α,β-unsaturated/α-hetero) is 1. The van der Waals surface area contributed by atoms with Gasteiger partial charge in [0.05, 0.1) is 27.9 Å². The van der Waals surface area contributed by atoms with Gasteiger partial charge in [0.15, 0.2) is 23.1 Å². The third-order valence-corrected chi connectivity index (χ3v) is 8.67. The first-order valence-electron chi connectivity index (χ1n) is 11.5. The number of rotatable bonds is 4. The number of amides is 2. The van der Waals surface area contributed by atoms with Gasteiger partial charge in [0.1, 0.15) is 0 Å². The molecule has 0 spiro atoms. The first kappa shape index (κ1) is 24.2. The number of allylic oxidation sites excluding steroid dienone is 6. The standard InChI is InChI=1S/C26H23Br2NO6/c1-3-6-29-25(33)13-5-4-12-14(21(13)26(29)34)9-15-22(18(30)10-17(28)23(15)31)20(12)11-7-16(27)24(32)19(8-11)35-2/h4,7-8,10,13-14,20-21,32H,3,5-6,9H2,1-2H3. The summed E-state index contributed by atoms with van der Waals surface area (Å²) >= 11 is 6.59. The molecule has 1 aromatic rings. The Morgan fingerprint density at radius 3 is 2.54 bits per heavy atom. The molecule has 4 atom stereocenters. The van der Waals surface area contributed by atoms with Gasteiger partial charge in [-0.2, -0.15) is 0 Å². The Morgan fingerprint density at radius 1 is 1.11 bits per heavy atom. The topological polar surface area (TPSA) is 101 Å². The molecule has 4 aliphatic rings. The minimum atomic E-state index is -0.605. The number of phenols is 1. The first-order chi connectivity index (χ1) is 16.7. The van der Waals surface area contributed by atoms with Gasteiger partial charge in [-0.05, 0) is 74.7 Å². The van der Waals surface area contributed by atoms with Crippen LogP contribution in [0.5, 0.6) is 11.5 Å². The number of methoxy groups -OCH3 is 1.